The molecule has 1 amide bonds. The molecule has 0 aromatic heterocycles. The number of nitrogens with one attached hydrogen (secondary N) is 1. The molecular weight excluding hydrogens is 386 g/mol. The number of amides is 1. The van der Waals surface area contributed by atoms with E-state index in [4.69, 9.17) is 4.74 Å². The van der Waals surface area contributed by atoms with Crippen molar-refractivity contribution >= 4 is 27.8 Å². The van der Waals surface area contributed by atoms with Crippen LogP contribution in [0.5, 0.6) is 5.75 Å². The van der Waals surface area contributed by atoms with E-state index in [-0.39, 0.29) is 5.91 Å². The van der Waals surface area contributed by atoms with E-state index >= 15 is 0 Å². The molecule has 132 valence electrons. The van der Waals surface area contributed by atoms with Crippen molar-refractivity contribution in [2.24, 2.45) is 0 Å². The third-order valence-electron chi connectivity index (χ3n) is 3.58. The van der Waals surface area contributed by atoms with E-state index in [1.165, 1.54) is 7.11 Å². The summed E-state index contributed by atoms with van der Waals surface area (Å²) in [5.74, 6) is -0.141. The Labute approximate surface area is 155 Å². The minimum Gasteiger partial charge on any atom is -0.480 e. The van der Waals surface area contributed by atoms with Gasteiger partial charge in [0.25, 0.3) is 5.91 Å². The van der Waals surface area contributed by atoms with Crippen molar-refractivity contribution in [2.75, 3.05) is 13.7 Å². The highest BCUT2D eigenvalue weighted by Gasteiger charge is 2.16. The van der Waals surface area contributed by atoms with E-state index in [0.717, 1.165) is 12.0 Å². The number of methoxy groups -OCH3 is 1. The molecule has 0 fully saturated rings. The molecule has 0 aliphatic rings. The Hall–Kier alpha value is -2.34. The predicted octanol–water partition coefficient (Wildman–Crippen LogP) is 3.36. The van der Waals surface area contributed by atoms with Crippen LogP contribution in [0.1, 0.15) is 22.8 Å². The Morgan fingerprint density at radius 1 is 1.16 bits per heavy atom. The second kappa shape index (κ2) is 9.22. The van der Waals surface area contributed by atoms with Crippen LogP contribution < -0.4 is 10.1 Å². The highest BCUT2D eigenvalue weighted by molar-refractivity contribution is 9.10. The maximum Gasteiger partial charge on any atom is 0.337 e. The maximum absolute atomic E-state index is 12.1. The molecule has 0 radical (unpaired) electrons. The lowest BCUT2D eigenvalue weighted by molar-refractivity contribution is -0.127. The van der Waals surface area contributed by atoms with Crippen LogP contribution in [0.25, 0.3) is 0 Å². The smallest absolute Gasteiger partial charge is 0.337 e. The first-order chi connectivity index (χ1) is 12.0. The van der Waals surface area contributed by atoms with Gasteiger partial charge in [0.05, 0.1) is 17.1 Å². The van der Waals surface area contributed by atoms with Crippen LogP contribution in [-0.4, -0.2) is 31.6 Å². The van der Waals surface area contributed by atoms with E-state index < -0.39 is 12.1 Å². The molecule has 0 aliphatic heterocycles. The summed E-state index contributed by atoms with van der Waals surface area (Å²) in [7, 11) is 1.32. The average molecular weight is 406 g/mol. The van der Waals surface area contributed by atoms with Crippen LogP contribution in [0.2, 0.25) is 0 Å². The fourth-order valence-electron chi connectivity index (χ4n) is 2.20. The molecule has 0 saturated carbocycles. The summed E-state index contributed by atoms with van der Waals surface area (Å²) < 4.78 is 10.9. The molecule has 0 aliphatic carbocycles. The summed E-state index contributed by atoms with van der Waals surface area (Å²) in [6, 6.07) is 14.8. The zero-order valence-electron chi connectivity index (χ0n) is 14.1. The summed E-state index contributed by atoms with van der Waals surface area (Å²) in [6.45, 7) is 2.22. The largest absolute Gasteiger partial charge is 0.480 e. The molecule has 2 aromatic carbocycles. The molecule has 6 heteroatoms. The van der Waals surface area contributed by atoms with Gasteiger partial charge in [0.1, 0.15) is 5.75 Å². The van der Waals surface area contributed by atoms with Crippen molar-refractivity contribution in [3.63, 3.8) is 0 Å². The van der Waals surface area contributed by atoms with Crippen molar-refractivity contribution in [3.05, 3.63) is 64.1 Å². The number of carbonyl (C=O) groups is 2. The third-order valence-corrected chi connectivity index (χ3v) is 4.20. The van der Waals surface area contributed by atoms with Crippen LogP contribution in [0, 0.1) is 0 Å². The van der Waals surface area contributed by atoms with Gasteiger partial charge in [0, 0.05) is 6.54 Å². The van der Waals surface area contributed by atoms with Gasteiger partial charge in [0.15, 0.2) is 6.10 Å². The van der Waals surface area contributed by atoms with E-state index in [2.05, 4.69) is 26.0 Å². The molecule has 1 N–H and O–H groups in total. The minimum atomic E-state index is -0.656. The summed E-state index contributed by atoms with van der Waals surface area (Å²) in [5, 5.41) is 2.86. The van der Waals surface area contributed by atoms with Gasteiger partial charge in [0.2, 0.25) is 0 Å². The van der Waals surface area contributed by atoms with Crippen LogP contribution in [0.4, 0.5) is 0 Å². The second-order valence-corrected chi connectivity index (χ2v) is 6.28. The minimum absolute atomic E-state index is 0.195. The molecule has 1 unspecified atom stereocenters. The molecular formula is C19H20BrNO4. The molecule has 2 rings (SSSR count). The second-order valence-electron chi connectivity index (χ2n) is 5.42. The molecule has 0 spiro atoms. The number of ether oxygens (including phenoxy) is 2. The van der Waals surface area contributed by atoms with Crippen LogP contribution >= 0.6 is 15.9 Å². The van der Waals surface area contributed by atoms with Gasteiger partial charge in [-0.25, -0.2) is 4.79 Å². The number of esters is 1. The monoisotopic (exact) mass is 405 g/mol. The first kappa shape index (κ1) is 19.0. The van der Waals surface area contributed by atoms with Gasteiger partial charge < -0.3 is 14.8 Å². The first-order valence-electron chi connectivity index (χ1n) is 7.87. The fraction of sp³-hybridized carbons (Fsp3) is 0.263. The Morgan fingerprint density at radius 3 is 2.52 bits per heavy atom. The van der Waals surface area contributed by atoms with Crippen LogP contribution in [0.15, 0.2) is 53.0 Å². The number of hydrogen-bond donors (Lipinski definition) is 1. The van der Waals surface area contributed by atoms with Crippen molar-refractivity contribution < 1.29 is 19.1 Å². The highest BCUT2D eigenvalue weighted by Crippen LogP contribution is 2.27. The number of rotatable bonds is 7. The zero-order valence-corrected chi connectivity index (χ0v) is 15.7. The predicted molar refractivity (Wildman–Crippen MR) is 98.7 cm³/mol. The molecule has 0 bridgehead atoms. The normalized spacial score (nSPS) is 11.5. The van der Waals surface area contributed by atoms with Crippen molar-refractivity contribution in [3.8, 4) is 5.75 Å². The quantitative estimate of drug-likeness (QED) is 0.717. The summed E-state index contributed by atoms with van der Waals surface area (Å²) in [5.41, 5.74) is 1.57. The highest BCUT2D eigenvalue weighted by atomic mass is 79.9. The summed E-state index contributed by atoms with van der Waals surface area (Å²) in [4.78, 5) is 23.6. The Bertz CT molecular complexity index is 733. The van der Waals surface area contributed by atoms with Gasteiger partial charge in [-0.3, -0.25) is 4.79 Å². The third kappa shape index (κ3) is 5.60. The van der Waals surface area contributed by atoms with E-state index in [0.29, 0.717) is 22.3 Å². The zero-order chi connectivity index (χ0) is 18.2. The van der Waals surface area contributed by atoms with Gasteiger partial charge in [-0.1, -0.05) is 30.3 Å². The first-order valence-corrected chi connectivity index (χ1v) is 8.66. The summed E-state index contributed by atoms with van der Waals surface area (Å²) in [6.07, 6.45) is 0.104. The molecule has 25 heavy (non-hydrogen) atoms. The van der Waals surface area contributed by atoms with Gasteiger partial charge >= 0.3 is 5.97 Å². The number of halogens is 1. The Kier molecular flexibility index (Phi) is 7.01. The lowest BCUT2D eigenvalue weighted by Crippen LogP contribution is -2.37. The van der Waals surface area contributed by atoms with Gasteiger partial charge in [-0.05, 0) is 53.0 Å². The Morgan fingerprint density at radius 2 is 1.88 bits per heavy atom. The van der Waals surface area contributed by atoms with Crippen molar-refractivity contribution in [1.29, 1.82) is 0 Å². The standard InChI is InChI=1S/C19H20BrNO4/c1-13(18(22)21-11-10-14-6-4-3-5-7-14)25-17-9-8-15(12-16(17)20)19(23)24-2/h3-9,12-13H,10-11H2,1-2H3,(H,21,22). The van der Waals surface area contributed by atoms with Gasteiger partial charge in [-0.2, -0.15) is 0 Å². The van der Waals surface area contributed by atoms with Crippen molar-refractivity contribution in [2.45, 2.75) is 19.4 Å². The molecule has 1 atom stereocenters. The summed E-state index contributed by atoms with van der Waals surface area (Å²) >= 11 is 3.34. The number of hydrogen-bond acceptors (Lipinski definition) is 4. The maximum atomic E-state index is 12.1. The topological polar surface area (TPSA) is 64.6 Å². The van der Waals surface area contributed by atoms with E-state index in [1.54, 1.807) is 25.1 Å². The lowest BCUT2D eigenvalue weighted by atomic mass is 10.1. The van der Waals surface area contributed by atoms with E-state index in [9.17, 15) is 9.59 Å². The fourth-order valence-corrected chi connectivity index (χ4v) is 2.68. The number of carbonyl (C=O) groups excluding carboxylic acids is 2. The average Bonchev–Trinajstić information content (AvgIpc) is 2.63. The molecule has 5 nitrogen and oxygen atoms in total. The molecule has 2 aromatic rings. The number of benzene rings is 2. The van der Waals surface area contributed by atoms with Crippen LogP contribution in [0.3, 0.4) is 0 Å². The van der Waals surface area contributed by atoms with Crippen LogP contribution in [-0.2, 0) is 16.0 Å². The van der Waals surface area contributed by atoms with Gasteiger partial charge in [-0.15, -0.1) is 0 Å². The lowest BCUT2D eigenvalue weighted by Gasteiger charge is -2.16. The Balaban J connectivity index is 1.87. The van der Waals surface area contributed by atoms with Crippen molar-refractivity contribution in [1.82, 2.24) is 5.32 Å². The molecule has 0 saturated heterocycles. The SMILES string of the molecule is COC(=O)c1ccc(OC(C)C(=O)NCCc2ccccc2)c(Br)c1. The molecule has 0 heterocycles. The van der Waals surface area contributed by atoms with E-state index in [1.807, 2.05) is 30.3 Å².